The maximum atomic E-state index is 11.9. The first-order valence-corrected chi connectivity index (χ1v) is 6.58. The number of carbonyl (C=O) groups is 2. The second kappa shape index (κ2) is 6.18. The van der Waals surface area contributed by atoms with Gasteiger partial charge in [0.1, 0.15) is 0 Å². The van der Waals surface area contributed by atoms with Gasteiger partial charge in [-0.2, -0.15) is 0 Å². The number of likely N-dealkylation sites (N-methyl/N-ethyl adjacent to an activating group) is 1. The minimum absolute atomic E-state index is 0.0403. The van der Waals surface area contributed by atoms with Gasteiger partial charge in [-0.1, -0.05) is 13.8 Å². The van der Waals surface area contributed by atoms with Crippen LogP contribution in [0.5, 0.6) is 0 Å². The molecule has 1 aliphatic carbocycles. The Hall–Kier alpha value is -1.10. The van der Waals surface area contributed by atoms with Crippen molar-refractivity contribution < 1.29 is 9.59 Å². The minimum Gasteiger partial charge on any atom is -0.346 e. The Morgan fingerprint density at radius 1 is 1.33 bits per heavy atom. The lowest BCUT2D eigenvalue weighted by Gasteiger charge is -2.38. The number of nitrogens with zero attached hydrogens (tertiary/aromatic N) is 1. The lowest BCUT2D eigenvalue weighted by molar-refractivity contribution is -0.134. The van der Waals surface area contributed by atoms with E-state index in [9.17, 15) is 9.59 Å². The molecule has 5 nitrogen and oxygen atoms in total. The highest BCUT2D eigenvalue weighted by molar-refractivity contribution is 5.85. The third kappa shape index (κ3) is 4.29. The van der Waals surface area contributed by atoms with Crippen molar-refractivity contribution in [3.05, 3.63) is 0 Å². The lowest BCUT2D eigenvalue weighted by atomic mass is 9.75. The fraction of sp³-hybridized carbons (Fsp3) is 0.846. The number of amides is 2. The van der Waals surface area contributed by atoms with Crippen LogP contribution in [0.2, 0.25) is 0 Å². The third-order valence-corrected chi connectivity index (χ3v) is 3.87. The standard InChI is InChI=1S/C13H25N3O2/c1-13(2)6-4-10(5-7-13)16(3)12(18)9-15-11(17)8-14/h10H,4-9,14H2,1-3H3,(H,15,17). The minimum atomic E-state index is -0.290. The summed E-state index contributed by atoms with van der Waals surface area (Å²) in [5.41, 5.74) is 5.57. The van der Waals surface area contributed by atoms with E-state index in [1.807, 2.05) is 7.05 Å². The highest BCUT2D eigenvalue weighted by Crippen LogP contribution is 2.36. The molecule has 5 heteroatoms. The van der Waals surface area contributed by atoms with Gasteiger partial charge in [-0.25, -0.2) is 0 Å². The summed E-state index contributed by atoms with van der Waals surface area (Å²) in [7, 11) is 1.82. The predicted molar refractivity (Wildman–Crippen MR) is 70.9 cm³/mol. The fourth-order valence-electron chi connectivity index (χ4n) is 2.35. The van der Waals surface area contributed by atoms with Crippen LogP contribution in [0, 0.1) is 5.41 Å². The fourth-order valence-corrected chi connectivity index (χ4v) is 2.35. The Balaban J connectivity index is 2.38. The average Bonchev–Trinajstić information content (AvgIpc) is 2.34. The normalized spacial score (nSPS) is 19.3. The SMILES string of the molecule is CN(C(=O)CNC(=O)CN)C1CCC(C)(C)CC1. The molecule has 0 radical (unpaired) electrons. The molecule has 0 saturated heterocycles. The molecule has 1 rings (SSSR count). The summed E-state index contributed by atoms with van der Waals surface area (Å²) in [5.74, 6) is -0.331. The van der Waals surface area contributed by atoms with E-state index in [-0.39, 0.29) is 24.9 Å². The molecule has 0 aromatic rings. The van der Waals surface area contributed by atoms with E-state index >= 15 is 0 Å². The molecule has 0 aromatic heterocycles. The molecule has 0 unspecified atom stereocenters. The van der Waals surface area contributed by atoms with Crippen LogP contribution in [0.3, 0.4) is 0 Å². The molecule has 1 fully saturated rings. The van der Waals surface area contributed by atoms with E-state index in [0.29, 0.717) is 11.5 Å². The zero-order valence-corrected chi connectivity index (χ0v) is 11.7. The molecule has 1 saturated carbocycles. The molecule has 1 aliphatic rings. The quantitative estimate of drug-likeness (QED) is 0.767. The van der Waals surface area contributed by atoms with Crippen LogP contribution in [0.25, 0.3) is 0 Å². The second-order valence-corrected chi connectivity index (χ2v) is 5.88. The molecular formula is C13H25N3O2. The van der Waals surface area contributed by atoms with Crippen molar-refractivity contribution in [1.82, 2.24) is 10.2 Å². The van der Waals surface area contributed by atoms with Gasteiger partial charge in [0, 0.05) is 13.1 Å². The van der Waals surface area contributed by atoms with Crippen LogP contribution >= 0.6 is 0 Å². The van der Waals surface area contributed by atoms with Crippen LogP contribution in [0.1, 0.15) is 39.5 Å². The molecule has 0 bridgehead atoms. The van der Waals surface area contributed by atoms with Crippen molar-refractivity contribution >= 4 is 11.8 Å². The molecule has 2 amide bonds. The monoisotopic (exact) mass is 255 g/mol. The third-order valence-electron chi connectivity index (χ3n) is 3.87. The van der Waals surface area contributed by atoms with Crippen LogP contribution in [-0.2, 0) is 9.59 Å². The van der Waals surface area contributed by atoms with Crippen LogP contribution in [-0.4, -0.2) is 42.9 Å². The van der Waals surface area contributed by atoms with Gasteiger partial charge in [-0.15, -0.1) is 0 Å². The van der Waals surface area contributed by atoms with Crippen LogP contribution < -0.4 is 11.1 Å². The molecule has 3 N–H and O–H groups in total. The molecular weight excluding hydrogens is 230 g/mol. The number of rotatable bonds is 4. The van der Waals surface area contributed by atoms with Crippen LogP contribution in [0.4, 0.5) is 0 Å². The highest BCUT2D eigenvalue weighted by atomic mass is 16.2. The summed E-state index contributed by atoms with van der Waals surface area (Å²) >= 11 is 0. The first-order chi connectivity index (χ1) is 8.35. The Morgan fingerprint density at radius 2 is 1.89 bits per heavy atom. The van der Waals surface area contributed by atoms with Gasteiger partial charge < -0.3 is 16.0 Å². The van der Waals surface area contributed by atoms with E-state index in [1.165, 1.54) is 0 Å². The average molecular weight is 255 g/mol. The zero-order chi connectivity index (χ0) is 13.8. The molecule has 104 valence electrons. The van der Waals surface area contributed by atoms with Gasteiger partial charge in [-0.3, -0.25) is 9.59 Å². The highest BCUT2D eigenvalue weighted by Gasteiger charge is 2.30. The number of hydrogen-bond acceptors (Lipinski definition) is 3. The number of carbonyl (C=O) groups excluding carboxylic acids is 2. The smallest absolute Gasteiger partial charge is 0.241 e. The van der Waals surface area contributed by atoms with Gasteiger partial charge in [0.2, 0.25) is 11.8 Å². The summed E-state index contributed by atoms with van der Waals surface area (Å²) in [4.78, 5) is 24.7. The van der Waals surface area contributed by atoms with Gasteiger partial charge in [-0.05, 0) is 31.1 Å². The lowest BCUT2D eigenvalue weighted by Crippen LogP contribution is -2.46. The largest absolute Gasteiger partial charge is 0.346 e. The van der Waals surface area contributed by atoms with E-state index in [4.69, 9.17) is 5.73 Å². The van der Waals surface area contributed by atoms with Crippen molar-refractivity contribution in [2.24, 2.45) is 11.1 Å². The van der Waals surface area contributed by atoms with Crippen molar-refractivity contribution in [2.75, 3.05) is 20.1 Å². The van der Waals surface area contributed by atoms with Crippen molar-refractivity contribution in [3.8, 4) is 0 Å². The Kier molecular flexibility index (Phi) is 5.14. The molecule has 0 aromatic carbocycles. The predicted octanol–water partition coefficient (Wildman–Crippen LogP) is 0.489. The first kappa shape index (κ1) is 15.0. The van der Waals surface area contributed by atoms with Gasteiger partial charge >= 0.3 is 0 Å². The van der Waals surface area contributed by atoms with Crippen molar-refractivity contribution in [2.45, 2.75) is 45.6 Å². The van der Waals surface area contributed by atoms with E-state index in [1.54, 1.807) is 4.90 Å². The summed E-state index contributed by atoms with van der Waals surface area (Å²) in [6, 6.07) is 0.306. The number of nitrogens with one attached hydrogen (secondary N) is 1. The zero-order valence-electron chi connectivity index (χ0n) is 11.7. The summed E-state index contributed by atoms with van der Waals surface area (Å²) in [6.07, 6.45) is 4.37. The summed E-state index contributed by atoms with van der Waals surface area (Å²) in [6.45, 7) is 4.51. The van der Waals surface area contributed by atoms with Crippen molar-refractivity contribution in [3.63, 3.8) is 0 Å². The van der Waals surface area contributed by atoms with Crippen molar-refractivity contribution in [1.29, 1.82) is 0 Å². The molecule has 0 heterocycles. The molecule has 0 atom stereocenters. The topological polar surface area (TPSA) is 75.4 Å². The van der Waals surface area contributed by atoms with Gasteiger partial charge in [0.25, 0.3) is 0 Å². The number of hydrogen-bond donors (Lipinski definition) is 2. The maximum Gasteiger partial charge on any atom is 0.241 e. The maximum absolute atomic E-state index is 11.9. The van der Waals surface area contributed by atoms with Gasteiger partial charge in [0.15, 0.2) is 0 Å². The molecule has 0 aliphatic heterocycles. The van der Waals surface area contributed by atoms with E-state index in [0.717, 1.165) is 25.7 Å². The van der Waals surface area contributed by atoms with E-state index < -0.39 is 0 Å². The Bertz CT molecular complexity index is 305. The number of nitrogens with two attached hydrogens (primary N) is 1. The second-order valence-electron chi connectivity index (χ2n) is 5.88. The van der Waals surface area contributed by atoms with Crippen LogP contribution in [0.15, 0.2) is 0 Å². The summed E-state index contributed by atoms with van der Waals surface area (Å²) < 4.78 is 0. The van der Waals surface area contributed by atoms with E-state index in [2.05, 4.69) is 19.2 Å². The molecule has 0 spiro atoms. The Morgan fingerprint density at radius 3 is 2.39 bits per heavy atom. The summed E-state index contributed by atoms with van der Waals surface area (Å²) in [5, 5.41) is 2.51. The first-order valence-electron chi connectivity index (χ1n) is 6.58. The van der Waals surface area contributed by atoms with Gasteiger partial charge in [0.05, 0.1) is 13.1 Å². The Labute approximate surface area is 109 Å². The molecule has 18 heavy (non-hydrogen) atoms.